The number of nitrogens with zero attached hydrogens (tertiary/aromatic N) is 3. The van der Waals surface area contributed by atoms with Crippen LogP contribution in [0.15, 0.2) is 59.3 Å². The second kappa shape index (κ2) is 6.48. The van der Waals surface area contributed by atoms with E-state index in [0.29, 0.717) is 11.7 Å². The molecule has 0 atom stereocenters. The van der Waals surface area contributed by atoms with Crippen LogP contribution in [0.4, 0.5) is 0 Å². The fourth-order valence-corrected chi connectivity index (χ4v) is 3.00. The summed E-state index contributed by atoms with van der Waals surface area (Å²) in [5.41, 5.74) is 5.58. The number of fused-ring (bicyclic) bond motifs is 1. The molecular formula is C21H19N3O. The molecule has 4 heteroatoms. The van der Waals surface area contributed by atoms with E-state index in [1.807, 2.05) is 0 Å². The van der Waals surface area contributed by atoms with Gasteiger partial charge in [0, 0.05) is 24.1 Å². The molecule has 0 radical (unpaired) electrons. The van der Waals surface area contributed by atoms with Crippen molar-refractivity contribution in [1.29, 1.82) is 0 Å². The smallest absolute Gasteiger partial charge is 0.223 e. The Hall–Kier alpha value is -3.01. The molecule has 0 aliphatic carbocycles. The van der Waals surface area contributed by atoms with Gasteiger partial charge in [-0.3, -0.25) is 4.98 Å². The molecule has 25 heavy (non-hydrogen) atoms. The summed E-state index contributed by atoms with van der Waals surface area (Å²) in [6.45, 7) is 3.98. The molecule has 0 fully saturated rings. The van der Waals surface area contributed by atoms with Crippen molar-refractivity contribution < 1.29 is 4.52 Å². The Morgan fingerprint density at radius 2 is 1.68 bits per heavy atom. The predicted molar refractivity (Wildman–Crippen MR) is 99.2 cm³/mol. The van der Waals surface area contributed by atoms with Gasteiger partial charge in [-0.2, -0.15) is 4.98 Å². The summed E-state index contributed by atoms with van der Waals surface area (Å²) in [6, 6.07) is 17.2. The first kappa shape index (κ1) is 15.5. The average molecular weight is 329 g/mol. The molecule has 0 N–H and O–H groups in total. The van der Waals surface area contributed by atoms with Crippen molar-refractivity contribution in [2.24, 2.45) is 0 Å². The van der Waals surface area contributed by atoms with Gasteiger partial charge in [0.15, 0.2) is 0 Å². The molecule has 0 bridgehead atoms. The van der Waals surface area contributed by atoms with Crippen LogP contribution in [0.1, 0.15) is 24.8 Å². The molecule has 124 valence electrons. The molecule has 0 spiro atoms. The highest BCUT2D eigenvalue weighted by Gasteiger charge is 2.08. The van der Waals surface area contributed by atoms with Crippen LogP contribution in [0.5, 0.6) is 0 Å². The van der Waals surface area contributed by atoms with E-state index in [4.69, 9.17) is 4.52 Å². The summed E-state index contributed by atoms with van der Waals surface area (Å²) in [5, 5.41) is 5.04. The number of hydrogen-bond acceptors (Lipinski definition) is 4. The fourth-order valence-electron chi connectivity index (χ4n) is 3.00. The molecule has 4 nitrogen and oxygen atoms in total. The Kier molecular flexibility index (Phi) is 4.02. The highest BCUT2D eigenvalue weighted by Crippen LogP contribution is 2.26. The molecular weight excluding hydrogens is 310 g/mol. The number of hydrogen-bond donors (Lipinski definition) is 0. The van der Waals surface area contributed by atoms with Gasteiger partial charge < -0.3 is 4.52 Å². The van der Waals surface area contributed by atoms with Gasteiger partial charge in [0.2, 0.25) is 11.7 Å². The first-order valence-corrected chi connectivity index (χ1v) is 8.53. The first-order valence-electron chi connectivity index (χ1n) is 8.53. The second-order valence-electron chi connectivity index (χ2n) is 6.22. The number of aromatic nitrogens is 3. The zero-order chi connectivity index (χ0) is 17.2. The molecule has 0 aliphatic rings. The van der Waals surface area contributed by atoms with Crippen LogP contribution < -0.4 is 0 Å². The van der Waals surface area contributed by atoms with E-state index in [1.54, 1.807) is 13.1 Å². The number of benzene rings is 2. The number of pyridine rings is 1. The third kappa shape index (κ3) is 3.15. The summed E-state index contributed by atoms with van der Waals surface area (Å²) in [7, 11) is 0. The SMILES string of the molecule is CCCc1ccc(-c2ccc3ncc(-c4noc(C)n4)cc3c2)cc1. The van der Waals surface area contributed by atoms with Crippen LogP contribution in [0.3, 0.4) is 0 Å². The molecule has 2 heterocycles. The largest absolute Gasteiger partial charge is 0.339 e. The molecule has 0 unspecified atom stereocenters. The Balaban J connectivity index is 1.73. The maximum Gasteiger partial charge on any atom is 0.223 e. The minimum absolute atomic E-state index is 0.552. The maximum absolute atomic E-state index is 5.07. The zero-order valence-corrected chi connectivity index (χ0v) is 14.4. The Bertz CT molecular complexity index is 1020. The van der Waals surface area contributed by atoms with E-state index in [1.165, 1.54) is 23.1 Å². The normalized spacial score (nSPS) is 11.1. The van der Waals surface area contributed by atoms with Crippen LogP contribution in [-0.2, 0) is 6.42 Å². The second-order valence-corrected chi connectivity index (χ2v) is 6.22. The Morgan fingerprint density at radius 3 is 2.40 bits per heavy atom. The highest BCUT2D eigenvalue weighted by atomic mass is 16.5. The fraction of sp³-hybridized carbons (Fsp3) is 0.190. The summed E-state index contributed by atoms with van der Waals surface area (Å²) in [4.78, 5) is 8.80. The van der Waals surface area contributed by atoms with Gasteiger partial charge in [-0.25, -0.2) is 0 Å². The lowest BCUT2D eigenvalue weighted by atomic mass is 10.0. The van der Waals surface area contributed by atoms with Crippen molar-refractivity contribution in [3.63, 3.8) is 0 Å². The van der Waals surface area contributed by atoms with Crippen LogP contribution in [0.2, 0.25) is 0 Å². The Labute approximate surface area is 146 Å². The maximum atomic E-state index is 5.07. The summed E-state index contributed by atoms with van der Waals surface area (Å²) >= 11 is 0. The molecule has 0 saturated heterocycles. The number of rotatable bonds is 4. The van der Waals surface area contributed by atoms with Crippen LogP contribution >= 0.6 is 0 Å². The lowest BCUT2D eigenvalue weighted by molar-refractivity contribution is 0.394. The molecule has 0 amide bonds. The van der Waals surface area contributed by atoms with E-state index < -0.39 is 0 Å². The lowest BCUT2D eigenvalue weighted by Gasteiger charge is -2.06. The van der Waals surface area contributed by atoms with Crippen molar-refractivity contribution >= 4 is 10.9 Å². The standard InChI is InChI=1S/C21H19N3O/c1-3-4-15-5-7-16(8-6-15)17-9-10-20-18(11-17)12-19(13-22-20)21-23-14(2)25-24-21/h5-13H,3-4H2,1-2H3. The van der Waals surface area contributed by atoms with Crippen molar-refractivity contribution in [3.05, 3.63) is 66.2 Å². The van der Waals surface area contributed by atoms with Gasteiger partial charge in [0.1, 0.15) is 0 Å². The molecule has 4 aromatic rings. The van der Waals surface area contributed by atoms with E-state index in [-0.39, 0.29) is 0 Å². The monoisotopic (exact) mass is 329 g/mol. The average Bonchev–Trinajstić information content (AvgIpc) is 3.08. The summed E-state index contributed by atoms with van der Waals surface area (Å²) in [5.74, 6) is 1.12. The highest BCUT2D eigenvalue weighted by molar-refractivity contribution is 5.87. The van der Waals surface area contributed by atoms with Gasteiger partial charge in [-0.15, -0.1) is 0 Å². The van der Waals surface area contributed by atoms with Crippen LogP contribution in [0, 0.1) is 6.92 Å². The third-order valence-electron chi connectivity index (χ3n) is 4.29. The van der Waals surface area contributed by atoms with Crippen LogP contribution in [0.25, 0.3) is 33.4 Å². The van der Waals surface area contributed by atoms with Crippen molar-refractivity contribution in [1.82, 2.24) is 15.1 Å². The number of aryl methyl sites for hydroxylation is 2. The molecule has 0 saturated carbocycles. The van der Waals surface area contributed by atoms with Crippen molar-refractivity contribution in [2.75, 3.05) is 0 Å². The van der Waals surface area contributed by atoms with E-state index in [0.717, 1.165) is 22.9 Å². The van der Waals surface area contributed by atoms with Gasteiger partial charge in [-0.1, -0.05) is 48.8 Å². The minimum Gasteiger partial charge on any atom is -0.339 e. The van der Waals surface area contributed by atoms with E-state index in [9.17, 15) is 0 Å². The quantitative estimate of drug-likeness (QED) is 0.515. The Morgan fingerprint density at radius 1 is 0.920 bits per heavy atom. The molecule has 4 rings (SSSR count). The minimum atomic E-state index is 0.552. The molecule has 2 aromatic carbocycles. The summed E-state index contributed by atoms with van der Waals surface area (Å²) in [6.07, 6.45) is 4.07. The molecule has 0 aliphatic heterocycles. The first-order chi connectivity index (χ1) is 12.2. The summed E-state index contributed by atoms with van der Waals surface area (Å²) < 4.78 is 5.07. The van der Waals surface area contributed by atoms with Gasteiger partial charge in [-0.05, 0) is 41.3 Å². The van der Waals surface area contributed by atoms with Gasteiger partial charge >= 0.3 is 0 Å². The van der Waals surface area contributed by atoms with Crippen LogP contribution in [-0.4, -0.2) is 15.1 Å². The van der Waals surface area contributed by atoms with E-state index >= 15 is 0 Å². The zero-order valence-electron chi connectivity index (χ0n) is 14.4. The van der Waals surface area contributed by atoms with Gasteiger partial charge in [0.05, 0.1) is 5.52 Å². The van der Waals surface area contributed by atoms with Crippen molar-refractivity contribution in [3.8, 4) is 22.5 Å². The lowest BCUT2D eigenvalue weighted by Crippen LogP contribution is -1.87. The predicted octanol–water partition coefficient (Wildman–Crippen LogP) is 5.21. The molecule has 2 aromatic heterocycles. The van der Waals surface area contributed by atoms with E-state index in [2.05, 4.69) is 70.6 Å². The van der Waals surface area contributed by atoms with Gasteiger partial charge in [0.25, 0.3) is 0 Å². The van der Waals surface area contributed by atoms with Crippen molar-refractivity contribution in [2.45, 2.75) is 26.7 Å². The third-order valence-corrected chi connectivity index (χ3v) is 4.29. The topological polar surface area (TPSA) is 51.8 Å².